The van der Waals surface area contributed by atoms with Crippen molar-refractivity contribution in [2.24, 2.45) is 11.8 Å². The Hall–Kier alpha value is -2.68. The number of aryl methyl sites for hydroxylation is 1. The van der Waals surface area contributed by atoms with Crippen LogP contribution in [0, 0.1) is 18.8 Å². The molecule has 0 heterocycles. The summed E-state index contributed by atoms with van der Waals surface area (Å²) in [6.45, 7) is 13.8. The molecule has 3 nitrogen and oxygen atoms in total. The molecule has 32 heavy (non-hydrogen) atoms. The second kappa shape index (κ2) is 13.7. The first-order chi connectivity index (χ1) is 15.2. The smallest absolute Gasteiger partial charge is 0.308 e. The standard InChI is InChI=1S/C19H18O.C8H16O2.C2H6/c1-13-10-11-16(14(2)20)19(12-13)18-9-5-7-15-6-3-4-8-17(15)18;1-6(2)5-7(3)8(9)10-4;1-2/h5-12H,3-4H2,1-2H3;6-7H,5H2,1-4H3;1-2H3. The van der Waals surface area contributed by atoms with Crippen LogP contribution in [0.25, 0.3) is 23.3 Å². The number of Topliss-reactive ketones (excluding diaryl/α,β-unsaturated/α-hetero) is 1. The number of ketones is 1. The van der Waals surface area contributed by atoms with Gasteiger partial charge in [0.2, 0.25) is 0 Å². The first-order valence-corrected chi connectivity index (χ1v) is 11.7. The molecule has 0 bridgehead atoms. The maximum atomic E-state index is 11.9. The summed E-state index contributed by atoms with van der Waals surface area (Å²) in [6, 6.07) is 12.4. The van der Waals surface area contributed by atoms with Crippen molar-refractivity contribution in [3.63, 3.8) is 0 Å². The summed E-state index contributed by atoms with van der Waals surface area (Å²) in [6.07, 6.45) is 7.65. The van der Waals surface area contributed by atoms with E-state index in [1.165, 1.54) is 28.7 Å². The molecule has 0 N–H and O–H groups in total. The average Bonchev–Trinajstić information content (AvgIpc) is 2.79. The van der Waals surface area contributed by atoms with E-state index in [4.69, 9.17) is 0 Å². The number of hydrogen-bond donors (Lipinski definition) is 0. The summed E-state index contributed by atoms with van der Waals surface area (Å²) in [7, 11) is 1.43. The molecule has 0 saturated heterocycles. The highest BCUT2D eigenvalue weighted by Gasteiger charge is 2.14. The Labute approximate surface area is 194 Å². The van der Waals surface area contributed by atoms with Gasteiger partial charge in [-0.15, -0.1) is 0 Å². The Bertz CT molecular complexity index is 1020. The number of hydrogen-bond acceptors (Lipinski definition) is 3. The highest BCUT2D eigenvalue weighted by atomic mass is 16.5. The van der Waals surface area contributed by atoms with Gasteiger partial charge in [0.15, 0.2) is 5.78 Å². The lowest BCUT2D eigenvalue weighted by atomic mass is 9.92. The summed E-state index contributed by atoms with van der Waals surface area (Å²) in [5.74, 6) is 0.630. The lowest BCUT2D eigenvalue weighted by molar-refractivity contribution is -0.145. The molecule has 0 amide bonds. The summed E-state index contributed by atoms with van der Waals surface area (Å²) in [5.41, 5.74) is 4.22. The predicted molar refractivity (Wildman–Crippen MR) is 136 cm³/mol. The molecule has 3 heteroatoms. The van der Waals surface area contributed by atoms with E-state index in [2.05, 4.69) is 61.9 Å². The van der Waals surface area contributed by atoms with Crippen LogP contribution in [0.5, 0.6) is 0 Å². The van der Waals surface area contributed by atoms with E-state index in [-0.39, 0.29) is 17.7 Å². The zero-order chi connectivity index (χ0) is 24.3. The Morgan fingerprint density at radius 3 is 2.22 bits per heavy atom. The Kier molecular flexibility index (Phi) is 11.7. The van der Waals surface area contributed by atoms with Gasteiger partial charge < -0.3 is 4.74 Å². The van der Waals surface area contributed by atoms with Crippen LogP contribution in [0.1, 0.15) is 76.7 Å². The lowest BCUT2D eigenvalue weighted by Gasteiger charge is -2.11. The molecule has 1 aliphatic rings. The normalized spacial score (nSPS) is 12.5. The largest absolute Gasteiger partial charge is 0.469 e. The zero-order valence-electron chi connectivity index (χ0n) is 21.1. The molecule has 0 radical (unpaired) electrons. The van der Waals surface area contributed by atoms with Crippen molar-refractivity contribution in [2.45, 2.75) is 67.7 Å². The molecule has 2 aromatic carbocycles. The van der Waals surface area contributed by atoms with Crippen molar-refractivity contribution in [3.05, 3.63) is 58.0 Å². The molecule has 2 aromatic rings. The maximum absolute atomic E-state index is 11.9. The van der Waals surface area contributed by atoms with Crippen molar-refractivity contribution < 1.29 is 14.3 Å². The number of benzene rings is 2. The predicted octanol–water partition coefficient (Wildman–Crippen LogP) is 6.09. The highest BCUT2D eigenvalue weighted by Crippen LogP contribution is 2.23. The van der Waals surface area contributed by atoms with E-state index in [1.807, 2.05) is 32.9 Å². The van der Waals surface area contributed by atoms with Gasteiger partial charge >= 0.3 is 5.97 Å². The Balaban J connectivity index is 0.000000364. The quantitative estimate of drug-likeness (QED) is 0.421. The average molecular weight is 437 g/mol. The molecule has 1 atom stereocenters. The number of rotatable bonds is 5. The minimum atomic E-state index is -0.103. The Morgan fingerprint density at radius 1 is 0.969 bits per heavy atom. The van der Waals surface area contributed by atoms with Crippen LogP contribution in [-0.4, -0.2) is 18.9 Å². The van der Waals surface area contributed by atoms with Gasteiger partial charge in [0.1, 0.15) is 0 Å². The van der Waals surface area contributed by atoms with Crippen molar-refractivity contribution >= 4 is 23.9 Å². The monoisotopic (exact) mass is 436 g/mol. The van der Waals surface area contributed by atoms with Gasteiger partial charge in [-0.05, 0) is 60.6 Å². The summed E-state index contributed by atoms with van der Waals surface area (Å²) < 4.78 is 4.57. The SMILES string of the molecule is CC.CC(=O)c1ccc(C)cc1-c1cccc2c1=CCCC=2.COC(=O)C(C)CC(C)C. The van der Waals surface area contributed by atoms with Crippen LogP contribution in [0.2, 0.25) is 0 Å². The zero-order valence-corrected chi connectivity index (χ0v) is 21.1. The fraction of sp³-hybridized carbons (Fsp3) is 0.448. The van der Waals surface area contributed by atoms with Gasteiger partial charge in [0.25, 0.3) is 0 Å². The number of carbonyl (C=O) groups excluding carboxylic acids is 2. The minimum absolute atomic E-state index is 0.0463. The van der Waals surface area contributed by atoms with Gasteiger partial charge in [-0.1, -0.05) is 88.7 Å². The lowest BCUT2D eigenvalue weighted by Crippen LogP contribution is -2.28. The maximum Gasteiger partial charge on any atom is 0.308 e. The number of fused-ring (bicyclic) bond motifs is 1. The van der Waals surface area contributed by atoms with Crippen LogP contribution in [0.15, 0.2) is 36.4 Å². The van der Waals surface area contributed by atoms with E-state index in [0.717, 1.165) is 30.4 Å². The number of esters is 1. The molecular weight excluding hydrogens is 396 g/mol. The minimum Gasteiger partial charge on any atom is -0.469 e. The molecule has 0 aliphatic heterocycles. The van der Waals surface area contributed by atoms with Gasteiger partial charge in [-0.3, -0.25) is 9.59 Å². The first-order valence-electron chi connectivity index (χ1n) is 11.7. The topological polar surface area (TPSA) is 43.4 Å². The molecule has 0 spiro atoms. The first kappa shape index (κ1) is 27.4. The Morgan fingerprint density at radius 2 is 1.62 bits per heavy atom. The van der Waals surface area contributed by atoms with Crippen LogP contribution >= 0.6 is 0 Å². The fourth-order valence-electron chi connectivity index (χ4n) is 3.88. The second-order valence-electron chi connectivity index (χ2n) is 8.45. The van der Waals surface area contributed by atoms with Gasteiger partial charge in [-0.2, -0.15) is 0 Å². The summed E-state index contributed by atoms with van der Waals surface area (Å²) >= 11 is 0. The molecule has 1 unspecified atom stereocenters. The molecular formula is C29H40O3. The van der Waals surface area contributed by atoms with Crippen molar-refractivity contribution in [3.8, 4) is 11.1 Å². The molecule has 0 aromatic heterocycles. The van der Waals surface area contributed by atoms with Crippen LogP contribution in [-0.2, 0) is 9.53 Å². The highest BCUT2D eigenvalue weighted by molar-refractivity contribution is 6.01. The van der Waals surface area contributed by atoms with Crippen LogP contribution in [0.3, 0.4) is 0 Å². The van der Waals surface area contributed by atoms with Crippen LogP contribution < -0.4 is 10.4 Å². The van der Waals surface area contributed by atoms with Gasteiger partial charge in [0.05, 0.1) is 13.0 Å². The fourth-order valence-corrected chi connectivity index (χ4v) is 3.88. The van der Waals surface area contributed by atoms with Crippen LogP contribution in [0.4, 0.5) is 0 Å². The summed E-state index contributed by atoms with van der Waals surface area (Å²) in [4.78, 5) is 22.7. The number of methoxy groups -OCH3 is 1. The van der Waals surface area contributed by atoms with E-state index < -0.39 is 0 Å². The third kappa shape index (κ3) is 7.78. The summed E-state index contributed by atoms with van der Waals surface area (Å²) in [5, 5.41) is 2.55. The van der Waals surface area contributed by atoms with E-state index in [9.17, 15) is 9.59 Å². The second-order valence-corrected chi connectivity index (χ2v) is 8.45. The van der Waals surface area contributed by atoms with E-state index in [1.54, 1.807) is 6.92 Å². The number of ether oxygens (including phenoxy) is 1. The molecule has 1 aliphatic carbocycles. The van der Waals surface area contributed by atoms with Crippen molar-refractivity contribution in [1.29, 1.82) is 0 Å². The third-order valence-corrected chi connectivity index (χ3v) is 5.29. The molecule has 0 saturated carbocycles. The third-order valence-electron chi connectivity index (χ3n) is 5.29. The van der Waals surface area contributed by atoms with Gasteiger partial charge in [0, 0.05) is 5.56 Å². The van der Waals surface area contributed by atoms with E-state index >= 15 is 0 Å². The molecule has 174 valence electrons. The van der Waals surface area contributed by atoms with Crippen molar-refractivity contribution in [2.75, 3.05) is 7.11 Å². The van der Waals surface area contributed by atoms with Gasteiger partial charge in [-0.25, -0.2) is 0 Å². The molecule has 3 rings (SSSR count). The number of carbonyl (C=O) groups is 2. The molecule has 0 fully saturated rings. The van der Waals surface area contributed by atoms with E-state index in [0.29, 0.717) is 5.92 Å². The van der Waals surface area contributed by atoms with Crippen molar-refractivity contribution in [1.82, 2.24) is 0 Å².